The van der Waals surface area contributed by atoms with Gasteiger partial charge in [-0.1, -0.05) is 18.2 Å². The van der Waals surface area contributed by atoms with Crippen molar-refractivity contribution in [1.29, 1.82) is 0 Å². The van der Waals surface area contributed by atoms with Crippen molar-refractivity contribution < 1.29 is 24.9 Å². The van der Waals surface area contributed by atoms with Gasteiger partial charge >= 0.3 is 0 Å². The molecule has 0 bridgehead atoms. The molecule has 3 rings (SSSR count). The van der Waals surface area contributed by atoms with Crippen molar-refractivity contribution in [3.05, 3.63) is 59.2 Å². The summed E-state index contributed by atoms with van der Waals surface area (Å²) in [6.07, 6.45) is 2.41. The van der Waals surface area contributed by atoms with Gasteiger partial charge in [0.25, 0.3) is 0 Å². The van der Waals surface area contributed by atoms with Gasteiger partial charge in [0.05, 0.1) is 11.7 Å². The molecule has 130 valence electrons. The number of phenols is 2. The van der Waals surface area contributed by atoms with Gasteiger partial charge in [-0.05, 0) is 49.8 Å². The fourth-order valence-electron chi connectivity index (χ4n) is 2.75. The monoisotopic (exact) mass is 340 g/mol. The number of hydrogen-bond acceptors (Lipinski definition) is 5. The molecule has 1 aliphatic heterocycles. The summed E-state index contributed by atoms with van der Waals surface area (Å²) in [7, 11) is 0. The highest BCUT2D eigenvalue weighted by Gasteiger charge is 2.37. The third kappa shape index (κ3) is 3.37. The molecule has 0 fully saturated rings. The fourth-order valence-corrected chi connectivity index (χ4v) is 2.75. The molecule has 5 nitrogen and oxygen atoms in total. The Bertz CT molecular complexity index is 834. The molecule has 0 amide bonds. The average Bonchev–Trinajstić information content (AvgIpc) is 2.56. The fraction of sp³-hybridized carbons (Fsp3) is 0.250. The number of allylic oxidation sites excluding steroid dienone is 1. The first-order valence-corrected chi connectivity index (χ1v) is 8.01. The minimum Gasteiger partial charge on any atom is -0.508 e. The lowest BCUT2D eigenvalue weighted by Gasteiger charge is -2.37. The van der Waals surface area contributed by atoms with Crippen LogP contribution in [0.15, 0.2) is 42.5 Å². The van der Waals surface area contributed by atoms with Crippen LogP contribution in [0, 0.1) is 0 Å². The molecule has 0 aromatic heterocycles. The van der Waals surface area contributed by atoms with Crippen LogP contribution in [0.5, 0.6) is 17.2 Å². The Morgan fingerprint density at radius 3 is 2.52 bits per heavy atom. The van der Waals surface area contributed by atoms with Crippen LogP contribution < -0.4 is 4.74 Å². The Labute approximate surface area is 145 Å². The van der Waals surface area contributed by atoms with E-state index >= 15 is 0 Å². The normalized spacial score (nSPS) is 18.6. The Kier molecular flexibility index (Phi) is 4.27. The van der Waals surface area contributed by atoms with Crippen molar-refractivity contribution in [2.75, 3.05) is 0 Å². The van der Waals surface area contributed by atoms with Crippen LogP contribution in [-0.4, -0.2) is 32.8 Å². The molecule has 5 heteroatoms. The Balaban J connectivity index is 1.87. The van der Waals surface area contributed by atoms with Gasteiger partial charge in [-0.25, -0.2) is 0 Å². The zero-order valence-corrected chi connectivity index (χ0v) is 14.1. The molecule has 1 heterocycles. The van der Waals surface area contributed by atoms with Crippen molar-refractivity contribution >= 4 is 11.9 Å². The van der Waals surface area contributed by atoms with Crippen molar-refractivity contribution in [1.82, 2.24) is 0 Å². The SMILES string of the molecule is CC1(C)Oc2ccc(C(=O)/C=C/c3ccc(O)cc3)c(O)c2C[C@H]1O. The lowest BCUT2D eigenvalue weighted by atomic mass is 9.89. The van der Waals surface area contributed by atoms with Crippen LogP contribution >= 0.6 is 0 Å². The van der Waals surface area contributed by atoms with Gasteiger partial charge in [-0.15, -0.1) is 0 Å². The zero-order chi connectivity index (χ0) is 18.2. The topological polar surface area (TPSA) is 87.0 Å². The van der Waals surface area contributed by atoms with Gasteiger partial charge in [-0.3, -0.25) is 4.79 Å². The number of aliphatic hydroxyl groups excluding tert-OH is 1. The molecule has 2 aromatic rings. The van der Waals surface area contributed by atoms with E-state index in [2.05, 4.69) is 0 Å². The Morgan fingerprint density at radius 1 is 1.16 bits per heavy atom. The maximum atomic E-state index is 12.4. The summed E-state index contributed by atoms with van der Waals surface area (Å²) >= 11 is 0. The van der Waals surface area contributed by atoms with Gasteiger partial charge in [0, 0.05) is 12.0 Å². The second kappa shape index (κ2) is 6.26. The van der Waals surface area contributed by atoms with E-state index in [1.807, 2.05) is 0 Å². The third-order valence-corrected chi connectivity index (χ3v) is 4.40. The first kappa shape index (κ1) is 17.0. The highest BCUT2D eigenvalue weighted by Crippen LogP contribution is 2.40. The molecule has 0 saturated heterocycles. The Morgan fingerprint density at radius 2 is 1.84 bits per heavy atom. The number of aliphatic hydroxyl groups is 1. The zero-order valence-electron chi connectivity index (χ0n) is 14.1. The van der Waals surface area contributed by atoms with Crippen LogP contribution in [0.3, 0.4) is 0 Å². The number of ether oxygens (including phenoxy) is 1. The Hall–Kier alpha value is -2.79. The first-order valence-electron chi connectivity index (χ1n) is 8.01. The van der Waals surface area contributed by atoms with Gasteiger partial charge < -0.3 is 20.1 Å². The predicted octanol–water partition coefficient (Wildman–Crippen LogP) is 3.07. The van der Waals surface area contributed by atoms with Gasteiger partial charge in [0.1, 0.15) is 22.8 Å². The van der Waals surface area contributed by atoms with Gasteiger partial charge in [-0.2, -0.15) is 0 Å². The van der Waals surface area contributed by atoms with Crippen molar-refractivity contribution in [3.8, 4) is 17.2 Å². The molecule has 2 aromatic carbocycles. The summed E-state index contributed by atoms with van der Waals surface area (Å²) < 4.78 is 5.72. The second-order valence-electron chi connectivity index (χ2n) is 6.65. The van der Waals surface area contributed by atoms with Crippen LogP contribution in [0.2, 0.25) is 0 Å². The third-order valence-electron chi connectivity index (χ3n) is 4.40. The average molecular weight is 340 g/mol. The number of ketones is 1. The predicted molar refractivity (Wildman–Crippen MR) is 94.0 cm³/mol. The maximum Gasteiger partial charge on any atom is 0.189 e. The van der Waals surface area contributed by atoms with Crippen molar-refractivity contribution in [2.45, 2.75) is 32.0 Å². The highest BCUT2D eigenvalue weighted by molar-refractivity contribution is 6.09. The summed E-state index contributed by atoms with van der Waals surface area (Å²) in [6, 6.07) is 9.58. The molecule has 0 unspecified atom stereocenters. The molecule has 0 spiro atoms. The molecule has 25 heavy (non-hydrogen) atoms. The molecule has 0 radical (unpaired) electrons. The van der Waals surface area contributed by atoms with E-state index in [0.29, 0.717) is 11.3 Å². The minimum absolute atomic E-state index is 0.150. The number of fused-ring (bicyclic) bond motifs is 1. The quantitative estimate of drug-likeness (QED) is 0.590. The molecule has 1 atom stereocenters. The molecule has 0 aliphatic carbocycles. The van der Waals surface area contributed by atoms with E-state index in [1.165, 1.54) is 24.3 Å². The van der Waals surface area contributed by atoms with E-state index in [4.69, 9.17) is 4.74 Å². The largest absolute Gasteiger partial charge is 0.508 e. The first-order chi connectivity index (χ1) is 11.8. The van der Waals surface area contributed by atoms with E-state index in [1.54, 1.807) is 38.1 Å². The van der Waals surface area contributed by atoms with Crippen molar-refractivity contribution in [2.24, 2.45) is 0 Å². The lowest BCUT2D eigenvalue weighted by molar-refractivity contribution is -0.0417. The number of carbonyl (C=O) groups excluding carboxylic acids is 1. The van der Waals surface area contributed by atoms with Crippen LogP contribution in [0.1, 0.15) is 35.3 Å². The molecular weight excluding hydrogens is 320 g/mol. The second-order valence-corrected chi connectivity index (χ2v) is 6.65. The van der Waals surface area contributed by atoms with Gasteiger partial charge in [0.2, 0.25) is 0 Å². The molecular formula is C20H20O5. The summed E-state index contributed by atoms with van der Waals surface area (Å²) in [5.74, 6) is 0.115. The van der Waals surface area contributed by atoms with Crippen LogP contribution in [0.25, 0.3) is 6.08 Å². The molecule has 3 N–H and O–H groups in total. The van der Waals surface area contributed by atoms with E-state index in [9.17, 15) is 20.1 Å². The number of phenolic OH excluding ortho intramolecular Hbond substituents is 2. The number of rotatable bonds is 3. The summed E-state index contributed by atoms with van der Waals surface area (Å²) in [6.45, 7) is 3.55. The molecule has 1 aliphatic rings. The van der Waals surface area contributed by atoms with E-state index in [-0.39, 0.29) is 29.3 Å². The summed E-state index contributed by atoms with van der Waals surface area (Å²) in [5, 5.41) is 29.9. The number of hydrogen-bond donors (Lipinski definition) is 3. The van der Waals surface area contributed by atoms with Crippen molar-refractivity contribution in [3.63, 3.8) is 0 Å². The number of aromatic hydroxyl groups is 2. The van der Waals surface area contributed by atoms with E-state index < -0.39 is 11.7 Å². The number of benzene rings is 2. The van der Waals surface area contributed by atoms with Crippen LogP contribution in [-0.2, 0) is 6.42 Å². The van der Waals surface area contributed by atoms with E-state index in [0.717, 1.165) is 5.56 Å². The maximum absolute atomic E-state index is 12.4. The summed E-state index contributed by atoms with van der Waals surface area (Å²) in [5.41, 5.74) is 0.605. The number of carbonyl (C=O) groups is 1. The summed E-state index contributed by atoms with van der Waals surface area (Å²) in [4.78, 5) is 12.4. The van der Waals surface area contributed by atoms with Crippen LogP contribution in [0.4, 0.5) is 0 Å². The highest BCUT2D eigenvalue weighted by atomic mass is 16.5. The smallest absolute Gasteiger partial charge is 0.189 e. The standard InChI is InChI=1S/C20H20O5/c1-20(2)18(23)11-15-17(25-20)10-8-14(19(15)24)16(22)9-5-12-3-6-13(21)7-4-12/h3-10,18,21,23-24H,11H2,1-2H3/b9-5+/t18-/m1/s1. The lowest BCUT2D eigenvalue weighted by Crippen LogP contribution is -2.46. The molecule has 0 saturated carbocycles. The minimum atomic E-state index is -0.774. The van der Waals surface area contributed by atoms with Gasteiger partial charge in [0.15, 0.2) is 5.78 Å².